The van der Waals surface area contributed by atoms with E-state index in [1.807, 2.05) is 0 Å². The zero-order valence-corrected chi connectivity index (χ0v) is 12.9. The van der Waals surface area contributed by atoms with Crippen molar-refractivity contribution in [1.82, 2.24) is 9.55 Å². The first-order chi connectivity index (χ1) is 12.0. The summed E-state index contributed by atoms with van der Waals surface area (Å²) in [7, 11) is 0. The Morgan fingerprint density at radius 1 is 1.08 bits per heavy atom. The largest absolute Gasteiger partial charge is 0.324 e. The molecule has 0 saturated heterocycles. The SMILES string of the molecule is O=C(Cn1cnc(-c2ccccc2F)cc1=O)Nc1cccc(F)c1. The lowest BCUT2D eigenvalue weighted by Crippen LogP contribution is -2.27. The van der Waals surface area contributed by atoms with Crippen LogP contribution < -0.4 is 10.9 Å². The Labute approximate surface area is 141 Å². The predicted octanol–water partition coefficient (Wildman–Crippen LogP) is 2.83. The Morgan fingerprint density at radius 3 is 2.60 bits per heavy atom. The van der Waals surface area contributed by atoms with Crippen LogP contribution in [0.4, 0.5) is 14.5 Å². The second-order valence-electron chi connectivity index (χ2n) is 5.28. The maximum atomic E-state index is 13.7. The quantitative estimate of drug-likeness (QED) is 0.794. The Morgan fingerprint density at radius 2 is 1.88 bits per heavy atom. The molecule has 1 aromatic heterocycles. The molecule has 0 aliphatic carbocycles. The third-order valence-electron chi connectivity index (χ3n) is 3.45. The van der Waals surface area contributed by atoms with E-state index in [-0.39, 0.29) is 23.5 Å². The minimum Gasteiger partial charge on any atom is -0.324 e. The first-order valence-electron chi connectivity index (χ1n) is 7.40. The molecule has 0 fully saturated rings. The van der Waals surface area contributed by atoms with Gasteiger partial charge in [-0.25, -0.2) is 13.8 Å². The summed E-state index contributed by atoms with van der Waals surface area (Å²) in [5, 5.41) is 2.49. The molecule has 0 spiro atoms. The smallest absolute Gasteiger partial charge is 0.254 e. The average molecular weight is 341 g/mol. The number of nitrogens with one attached hydrogen (secondary N) is 1. The summed E-state index contributed by atoms with van der Waals surface area (Å²) in [4.78, 5) is 28.1. The highest BCUT2D eigenvalue weighted by atomic mass is 19.1. The van der Waals surface area contributed by atoms with Crippen molar-refractivity contribution in [3.8, 4) is 11.3 Å². The third-order valence-corrected chi connectivity index (χ3v) is 3.45. The van der Waals surface area contributed by atoms with Gasteiger partial charge in [-0.1, -0.05) is 18.2 Å². The molecule has 0 aliphatic heterocycles. The van der Waals surface area contributed by atoms with Crippen molar-refractivity contribution in [2.24, 2.45) is 0 Å². The molecule has 1 heterocycles. The Bertz CT molecular complexity index is 986. The molecule has 0 unspecified atom stereocenters. The van der Waals surface area contributed by atoms with Crippen LogP contribution in [0.2, 0.25) is 0 Å². The molecule has 0 bridgehead atoms. The van der Waals surface area contributed by atoms with Gasteiger partial charge in [0.15, 0.2) is 0 Å². The summed E-state index contributed by atoms with van der Waals surface area (Å²) in [6, 6.07) is 12.5. The fourth-order valence-corrected chi connectivity index (χ4v) is 2.28. The van der Waals surface area contributed by atoms with E-state index in [2.05, 4.69) is 10.3 Å². The first-order valence-corrected chi connectivity index (χ1v) is 7.40. The van der Waals surface area contributed by atoms with Gasteiger partial charge in [0.25, 0.3) is 5.56 Å². The number of amides is 1. The highest BCUT2D eigenvalue weighted by Crippen LogP contribution is 2.18. The molecule has 0 aliphatic rings. The number of carbonyl (C=O) groups excluding carboxylic acids is 1. The van der Waals surface area contributed by atoms with Gasteiger partial charge in [-0.3, -0.25) is 14.2 Å². The molecule has 0 radical (unpaired) electrons. The molecule has 2 aromatic carbocycles. The van der Waals surface area contributed by atoms with Crippen LogP contribution in [0.15, 0.2) is 65.7 Å². The summed E-state index contributed by atoms with van der Waals surface area (Å²) < 4.78 is 27.9. The molecular formula is C18H13F2N3O2. The van der Waals surface area contributed by atoms with E-state index in [0.717, 1.165) is 10.6 Å². The molecule has 5 nitrogen and oxygen atoms in total. The Kier molecular flexibility index (Phi) is 4.65. The fraction of sp³-hybridized carbons (Fsp3) is 0.0556. The van der Waals surface area contributed by atoms with Crippen LogP contribution in [0.1, 0.15) is 0 Å². The molecular weight excluding hydrogens is 328 g/mol. The lowest BCUT2D eigenvalue weighted by Gasteiger charge is -2.08. The molecule has 126 valence electrons. The molecule has 1 N–H and O–H groups in total. The monoisotopic (exact) mass is 341 g/mol. The van der Waals surface area contributed by atoms with E-state index >= 15 is 0 Å². The van der Waals surface area contributed by atoms with E-state index < -0.39 is 23.1 Å². The van der Waals surface area contributed by atoms with E-state index in [1.54, 1.807) is 6.07 Å². The van der Waals surface area contributed by atoms with Gasteiger partial charge in [0, 0.05) is 17.3 Å². The molecule has 3 aromatic rings. The zero-order chi connectivity index (χ0) is 17.8. The van der Waals surface area contributed by atoms with Crippen molar-refractivity contribution in [3.63, 3.8) is 0 Å². The van der Waals surface area contributed by atoms with Gasteiger partial charge in [0.1, 0.15) is 18.2 Å². The number of hydrogen-bond donors (Lipinski definition) is 1. The fourth-order valence-electron chi connectivity index (χ4n) is 2.28. The van der Waals surface area contributed by atoms with Crippen molar-refractivity contribution >= 4 is 11.6 Å². The standard InChI is InChI=1S/C18H13F2N3O2/c19-12-4-3-5-13(8-12)22-17(24)10-23-11-21-16(9-18(23)25)14-6-1-2-7-15(14)20/h1-9,11H,10H2,(H,22,24). The third kappa shape index (κ3) is 3.95. The normalized spacial score (nSPS) is 10.5. The number of anilines is 1. The first kappa shape index (κ1) is 16.5. The van der Waals surface area contributed by atoms with Crippen LogP contribution in [-0.2, 0) is 11.3 Å². The van der Waals surface area contributed by atoms with Crippen molar-refractivity contribution in [1.29, 1.82) is 0 Å². The molecule has 0 saturated carbocycles. The van der Waals surface area contributed by atoms with E-state index in [0.29, 0.717) is 0 Å². The van der Waals surface area contributed by atoms with Crippen LogP contribution in [-0.4, -0.2) is 15.5 Å². The highest BCUT2D eigenvalue weighted by Gasteiger charge is 2.10. The maximum Gasteiger partial charge on any atom is 0.254 e. The van der Waals surface area contributed by atoms with Crippen molar-refractivity contribution in [3.05, 3.63) is 82.9 Å². The van der Waals surface area contributed by atoms with Crippen molar-refractivity contribution in [2.45, 2.75) is 6.54 Å². The number of aromatic nitrogens is 2. The van der Waals surface area contributed by atoms with Gasteiger partial charge in [-0.2, -0.15) is 0 Å². The molecule has 7 heteroatoms. The van der Waals surface area contributed by atoms with Crippen LogP contribution in [0.25, 0.3) is 11.3 Å². The lowest BCUT2D eigenvalue weighted by atomic mass is 10.1. The topological polar surface area (TPSA) is 64.0 Å². The van der Waals surface area contributed by atoms with Crippen molar-refractivity contribution in [2.75, 3.05) is 5.32 Å². The average Bonchev–Trinajstić information content (AvgIpc) is 2.57. The van der Waals surface area contributed by atoms with E-state index in [1.165, 1.54) is 48.8 Å². The van der Waals surface area contributed by atoms with Crippen LogP contribution in [0.5, 0.6) is 0 Å². The summed E-state index contributed by atoms with van der Waals surface area (Å²) in [6.07, 6.45) is 1.18. The second kappa shape index (κ2) is 7.04. The Balaban J connectivity index is 1.76. The van der Waals surface area contributed by atoms with Crippen LogP contribution >= 0.6 is 0 Å². The van der Waals surface area contributed by atoms with E-state index in [4.69, 9.17) is 0 Å². The Hall–Kier alpha value is -3.35. The van der Waals surface area contributed by atoms with Crippen LogP contribution in [0, 0.1) is 11.6 Å². The molecule has 25 heavy (non-hydrogen) atoms. The van der Waals surface area contributed by atoms with Gasteiger partial charge < -0.3 is 5.32 Å². The number of nitrogens with zero attached hydrogens (tertiary/aromatic N) is 2. The molecule has 3 rings (SSSR count). The number of halogens is 2. The van der Waals surface area contributed by atoms with Gasteiger partial charge in [-0.15, -0.1) is 0 Å². The number of rotatable bonds is 4. The summed E-state index contributed by atoms with van der Waals surface area (Å²) in [5.41, 5.74) is 0.178. The predicted molar refractivity (Wildman–Crippen MR) is 88.9 cm³/mol. The summed E-state index contributed by atoms with van der Waals surface area (Å²) >= 11 is 0. The second-order valence-corrected chi connectivity index (χ2v) is 5.28. The van der Waals surface area contributed by atoms with Gasteiger partial charge in [-0.05, 0) is 30.3 Å². The number of carbonyl (C=O) groups is 1. The van der Waals surface area contributed by atoms with Crippen molar-refractivity contribution < 1.29 is 13.6 Å². The summed E-state index contributed by atoms with van der Waals surface area (Å²) in [5.74, 6) is -1.48. The minimum atomic E-state index is -0.506. The summed E-state index contributed by atoms with van der Waals surface area (Å²) in [6.45, 7) is -0.292. The zero-order valence-electron chi connectivity index (χ0n) is 12.9. The number of benzene rings is 2. The number of hydrogen-bond acceptors (Lipinski definition) is 3. The van der Waals surface area contributed by atoms with E-state index in [9.17, 15) is 18.4 Å². The maximum absolute atomic E-state index is 13.7. The van der Waals surface area contributed by atoms with Gasteiger partial charge in [0.05, 0.1) is 12.0 Å². The van der Waals surface area contributed by atoms with Crippen LogP contribution in [0.3, 0.4) is 0 Å². The highest BCUT2D eigenvalue weighted by molar-refractivity contribution is 5.90. The molecule has 0 atom stereocenters. The lowest BCUT2D eigenvalue weighted by molar-refractivity contribution is -0.116. The van der Waals surface area contributed by atoms with Gasteiger partial charge >= 0.3 is 0 Å². The molecule has 1 amide bonds. The van der Waals surface area contributed by atoms with Gasteiger partial charge in [0.2, 0.25) is 5.91 Å². The minimum absolute atomic E-state index is 0.185.